The minimum Gasteiger partial charge on any atom is -0.506 e. The van der Waals surface area contributed by atoms with Gasteiger partial charge in [0.25, 0.3) is 5.91 Å². The van der Waals surface area contributed by atoms with Gasteiger partial charge in [0.2, 0.25) is 11.2 Å². The number of aliphatic carboxylic acids is 1. The summed E-state index contributed by atoms with van der Waals surface area (Å²) in [5.41, 5.74) is 1.73. The van der Waals surface area contributed by atoms with Crippen LogP contribution in [0.5, 0.6) is 11.5 Å². The number of carbonyl (C=O) groups excluding carboxylic acids is 1. The van der Waals surface area contributed by atoms with Crippen molar-refractivity contribution in [3.8, 4) is 11.5 Å². The number of benzene rings is 4. The molecule has 2 atom stereocenters. The number of aliphatic hydroxyl groups is 2. The second-order valence-corrected chi connectivity index (χ2v) is 12.2. The molecule has 5 aromatic rings. The van der Waals surface area contributed by atoms with Crippen LogP contribution in [0.4, 0.5) is 0 Å². The lowest BCUT2D eigenvalue weighted by Gasteiger charge is -2.28. The normalized spacial score (nSPS) is 14.9. The van der Waals surface area contributed by atoms with Gasteiger partial charge in [0.05, 0.1) is 18.7 Å². The van der Waals surface area contributed by atoms with Gasteiger partial charge in [0.1, 0.15) is 11.5 Å². The third-order valence-electron chi connectivity index (χ3n) is 9.10. The lowest BCUT2D eigenvalue weighted by molar-refractivity contribution is -0.155. The van der Waals surface area contributed by atoms with Gasteiger partial charge in [0, 0.05) is 54.3 Å². The molecular formula is C39H37N3O8. The summed E-state index contributed by atoms with van der Waals surface area (Å²) in [6, 6.07) is 26.4. The molecule has 0 saturated heterocycles. The van der Waals surface area contributed by atoms with Gasteiger partial charge in [-0.15, -0.1) is 0 Å². The van der Waals surface area contributed by atoms with Crippen molar-refractivity contribution in [2.24, 2.45) is 0 Å². The topological polar surface area (TPSA) is 172 Å². The van der Waals surface area contributed by atoms with Crippen molar-refractivity contribution in [1.82, 2.24) is 15.2 Å². The number of hydrogen-bond donors (Lipinski definition) is 6. The summed E-state index contributed by atoms with van der Waals surface area (Å²) in [5.74, 6) is -1.10. The fourth-order valence-corrected chi connectivity index (χ4v) is 6.36. The van der Waals surface area contributed by atoms with Gasteiger partial charge in [-0.1, -0.05) is 66.7 Å². The molecule has 1 amide bonds. The number of aromatic nitrogens is 1. The van der Waals surface area contributed by atoms with Crippen LogP contribution in [0.15, 0.2) is 108 Å². The Morgan fingerprint density at radius 1 is 0.980 bits per heavy atom. The molecule has 0 radical (unpaired) electrons. The maximum atomic E-state index is 13.5. The van der Waals surface area contributed by atoms with Crippen LogP contribution in [0.3, 0.4) is 0 Å². The number of carboxylic acids is 1. The van der Waals surface area contributed by atoms with E-state index in [1.54, 1.807) is 83.8 Å². The van der Waals surface area contributed by atoms with E-state index in [0.29, 0.717) is 48.3 Å². The minimum absolute atomic E-state index is 0.0810. The molecule has 2 heterocycles. The zero-order valence-corrected chi connectivity index (χ0v) is 27.3. The fourth-order valence-electron chi connectivity index (χ4n) is 6.36. The SMILES string of the molecule is COc1cc(C(=O)N2CC=C(c3cccc([C@](O)(C(=O)O)c4ccccc4)c3)CC2)ccc1CNC[C@H](O)c1ccc(O)c2[nH]c(=O)ccc12. The van der Waals surface area contributed by atoms with Gasteiger partial charge in [-0.3, -0.25) is 9.59 Å². The van der Waals surface area contributed by atoms with Crippen molar-refractivity contribution in [2.45, 2.75) is 24.7 Å². The first-order valence-corrected chi connectivity index (χ1v) is 16.1. The number of aromatic hydroxyl groups is 1. The number of hydrogen-bond acceptors (Lipinski definition) is 8. The van der Waals surface area contributed by atoms with E-state index in [1.165, 1.54) is 19.2 Å². The van der Waals surface area contributed by atoms with Crippen LogP contribution in [0.1, 0.15) is 50.7 Å². The van der Waals surface area contributed by atoms with E-state index in [9.17, 15) is 34.8 Å². The molecule has 0 saturated carbocycles. The molecule has 4 aromatic carbocycles. The summed E-state index contributed by atoms with van der Waals surface area (Å²) in [6.07, 6.45) is 1.56. The molecule has 0 spiro atoms. The van der Waals surface area contributed by atoms with Gasteiger partial charge in [-0.2, -0.15) is 0 Å². The number of pyridine rings is 1. The number of H-pyrrole nitrogens is 1. The van der Waals surface area contributed by atoms with Crippen LogP contribution in [0.25, 0.3) is 16.5 Å². The van der Waals surface area contributed by atoms with E-state index in [0.717, 1.165) is 16.7 Å². The molecule has 0 fully saturated rings. The lowest BCUT2D eigenvalue weighted by Crippen LogP contribution is -2.37. The number of carbonyl (C=O) groups is 2. The molecular weight excluding hydrogens is 638 g/mol. The molecule has 256 valence electrons. The Hall–Kier alpha value is -5.75. The summed E-state index contributed by atoms with van der Waals surface area (Å²) in [4.78, 5) is 41.8. The average Bonchev–Trinajstić information content (AvgIpc) is 3.15. The molecule has 6 N–H and O–H groups in total. The fraction of sp³-hybridized carbons (Fsp3) is 0.205. The highest BCUT2D eigenvalue weighted by atomic mass is 16.5. The van der Waals surface area contributed by atoms with Gasteiger partial charge >= 0.3 is 5.97 Å². The van der Waals surface area contributed by atoms with Crippen molar-refractivity contribution >= 4 is 28.4 Å². The minimum atomic E-state index is -2.21. The summed E-state index contributed by atoms with van der Waals surface area (Å²) in [7, 11) is 1.53. The molecule has 1 aliphatic rings. The Balaban J connectivity index is 1.11. The molecule has 6 rings (SSSR count). The van der Waals surface area contributed by atoms with Crippen LogP contribution in [0, 0.1) is 0 Å². The second kappa shape index (κ2) is 14.4. The maximum absolute atomic E-state index is 13.5. The van der Waals surface area contributed by atoms with Crippen molar-refractivity contribution in [1.29, 1.82) is 0 Å². The largest absolute Gasteiger partial charge is 0.506 e. The maximum Gasteiger partial charge on any atom is 0.345 e. The number of rotatable bonds is 11. The van der Waals surface area contributed by atoms with E-state index >= 15 is 0 Å². The Labute approximate surface area is 287 Å². The number of fused-ring (bicyclic) bond motifs is 1. The van der Waals surface area contributed by atoms with Crippen LogP contribution in [0.2, 0.25) is 0 Å². The zero-order valence-electron chi connectivity index (χ0n) is 27.3. The number of phenols is 1. The van der Waals surface area contributed by atoms with Crippen molar-refractivity contribution in [3.05, 3.63) is 147 Å². The molecule has 1 aromatic heterocycles. The number of nitrogens with one attached hydrogen (secondary N) is 2. The third-order valence-corrected chi connectivity index (χ3v) is 9.10. The van der Waals surface area contributed by atoms with Crippen LogP contribution in [-0.2, 0) is 16.9 Å². The highest BCUT2D eigenvalue weighted by Crippen LogP contribution is 2.34. The second-order valence-electron chi connectivity index (χ2n) is 12.2. The number of aliphatic hydroxyl groups excluding tert-OH is 1. The summed E-state index contributed by atoms with van der Waals surface area (Å²) < 4.78 is 5.60. The van der Waals surface area contributed by atoms with Crippen molar-refractivity contribution < 1.29 is 34.8 Å². The number of methoxy groups -OCH3 is 1. The number of amides is 1. The molecule has 11 heteroatoms. The van der Waals surface area contributed by atoms with Crippen molar-refractivity contribution in [2.75, 3.05) is 26.7 Å². The number of nitrogens with zero attached hydrogens (tertiary/aromatic N) is 1. The molecule has 1 aliphatic heterocycles. The van der Waals surface area contributed by atoms with E-state index in [2.05, 4.69) is 10.3 Å². The molecule has 0 unspecified atom stereocenters. The molecule has 0 bridgehead atoms. The summed E-state index contributed by atoms with van der Waals surface area (Å²) in [6.45, 7) is 1.32. The summed E-state index contributed by atoms with van der Waals surface area (Å²) in [5, 5.41) is 46.1. The smallest absolute Gasteiger partial charge is 0.345 e. The van der Waals surface area contributed by atoms with Crippen LogP contribution in [-0.4, -0.2) is 68.9 Å². The molecule has 0 aliphatic carbocycles. The van der Waals surface area contributed by atoms with Gasteiger partial charge < -0.3 is 40.4 Å². The van der Waals surface area contributed by atoms with Gasteiger partial charge in [0.15, 0.2) is 0 Å². The number of phenolic OH excluding ortho intramolecular Hbond substituents is 1. The monoisotopic (exact) mass is 675 g/mol. The van der Waals surface area contributed by atoms with Crippen molar-refractivity contribution in [3.63, 3.8) is 0 Å². The zero-order chi connectivity index (χ0) is 35.4. The predicted octanol–water partition coefficient (Wildman–Crippen LogP) is 4.32. The highest BCUT2D eigenvalue weighted by Gasteiger charge is 2.40. The first kappa shape index (κ1) is 34.1. The molecule has 50 heavy (non-hydrogen) atoms. The first-order chi connectivity index (χ1) is 24.1. The Morgan fingerprint density at radius 3 is 2.48 bits per heavy atom. The van der Waals surface area contributed by atoms with E-state index in [1.807, 2.05) is 12.1 Å². The van der Waals surface area contributed by atoms with Gasteiger partial charge in [-0.25, -0.2) is 4.79 Å². The van der Waals surface area contributed by atoms with E-state index in [-0.39, 0.29) is 40.4 Å². The van der Waals surface area contributed by atoms with Crippen LogP contribution < -0.4 is 15.6 Å². The molecule has 11 nitrogen and oxygen atoms in total. The number of carboxylic acid groups (broad SMARTS) is 1. The average molecular weight is 676 g/mol. The van der Waals surface area contributed by atoms with Gasteiger partial charge in [-0.05, 0) is 59.0 Å². The summed E-state index contributed by atoms with van der Waals surface area (Å²) >= 11 is 0. The Morgan fingerprint density at radius 2 is 1.76 bits per heavy atom. The lowest BCUT2D eigenvalue weighted by atomic mass is 9.84. The number of ether oxygens (including phenoxy) is 1. The van der Waals surface area contributed by atoms with Crippen LogP contribution >= 0.6 is 0 Å². The standard InChI is InChI=1S/C39H37N3O8/c1-50-34-21-26(10-11-27(34)22-40-23-33(44)30-12-14-32(43)36-31(30)13-15-35(45)41-36)37(46)42-18-16-24(17-19-42)25-6-5-9-29(20-25)39(49,38(47)48)28-7-3-2-4-8-28/h2-16,20-21,33,40,43-44,49H,17-19,22-23H2,1H3,(H,41,45)(H,47,48)/t33-,39-/m0/s1. The predicted molar refractivity (Wildman–Crippen MR) is 188 cm³/mol. The van der Waals surface area contributed by atoms with E-state index in [4.69, 9.17) is 4.74 Å². The Bertz CT molecular complexity index is 2150. The first-order valence-electron chi connectivity index (χ1n) is 16.1. The Kier molecular flexibility index (Phi) is 9.82. The van der Waals surface area contributed by atoms with E-state index < -0.39 is 17.7 Å². The quantitative estimate of drug-likeness (QED) is 0.119. The third kappa shape index (κ3) is 6.74. The highest BCUT2D eigenvalue weighted by molar-refractivity contribution is 5.95. The number of aromatic amines is 1.